The summed E-state index contributed by atoms with van der Waals surface area (Å²) < 4.78 is 55.2. The number of fused-ring (bicyclic) bond motifs is 1. The topological polar surface area (TPSA) is 48.0 Å². The molecule has 1 heterocycles. The zero-order valence-corrected chi connectivity index (χ0v) is 16.4. The molecule has 2 aromatic carbocycles. The first-order valence-corrected chi connectivity index (χ1v) is 9.06. The van der Waals surface area contributed by atoms with Crippen LogP contribution in [0, 0.1) is 0 Å². The number of amides is 1. The van der Waals surface area contributed by atoms with Gasteiger partial charge in [0.05, 0.1) is 25.8 Å². The lowest BCUT2D eigenvalue weighted by Gasteiger charge is -2.37. The molecule has 0 unspecified atom stereocenters. The smallest absolute Gasteiger partial charge is 0.416 e. The molecule has 1 aliphatic rings. The van der Waals surface area contributed by atoms with Crippen LogP contribution in [0.25, 0.3) is 0 Å². The van der Waals surface area contributed by atoms with Crippen molar-refractivity contribution in [1.29, 1.82) is 0 Å². The van der Waals surface area contributed by atoms with Gasteiger partial charge in [0.25, 0.3) is 0 Å². The second-order valence-electron chi connectivity index (χ2n) is 6.72. The Labute approximate surface area is 167 Å². The third-order valence-electron chi connectivity index (χ3n) is 4.98. The van der Waals surface area contributed by atoms with Crippen LogP contribution in [0.3, 0.4) is 0 Å². The van der Waals surface area contributed by atoms with Gasteiger partial charge in [-0.3, -0.25) is 4.79 Å². The van der Waals surface area contributed by atoms with E-state index in [4.69, 9.17) is 14.2 Å². The Bertz CT molecular complexity index is 898. The van der Waals surface area contributed by atoms with Gasteiger partial charge in [0, 0.05) is 13.5 Å². The van der Waals surface area contributed by atoms with Crippen molar-refractivity contribution in [2.45, 2.75) is 25.6 Å². The van der Waals surface area contributed by atoms with Gasteiger partial charge in [-0.2, -0.15) is 13.2 Å². The molecule has 5 nitrogen and oxygen atoms in total. The molecule has 1 amide bonds. The van der Waals surface area contributed by atoms with Crippen molar-refractivity contribution in [1.82, 2.24) is 4.90 Å². The van der Waals surface area contributed by atoms with Gasteiger partial charge >= 0.3 is 6.18 Å². The molecule has 0 aliphatic carbocycles. The number of methoxy groups -OCH3 is 2. The number of ether oxygens (including phenoxy) is 3. The maximum atomic E-state index is 12.9. The molecule has 1 aliphatic heterocycles. The molecule has 0 radical (unpaired) electrons. The summed E-state index contributed by atoms with van der Waals surface area (Å²) >= 11 is 0. The van der Waals surface area contributed by atoms with Gasteiger partial charge in [-0.05, 0) is 47.9 Å². The van der Waals surface area contributed by atoms with Crippen molar-refractivity contribution in [3.8, 4) is 17.2 Å². The summed E-state index contributed by atoms with van der Waals surface area (Å²) in [6, 6.07) is 7.91. The number of carbonyl (C=O) groups excluding carboxylic acids is 1. The minimum Gasteiger partial charge on any atom is -0.493 e. The summed E-state index contributed by atoms with van der Waals surface area (Å²) in [7, 11) is 3.06. The Balaban J connectivity index is 1.91. The van der Waals surface area contributed by atoms with Gasteiger partial charge in [-0.1, -0.05) is 6.07 Å². The van der Waals surface area contributed by atoms with E-state index in [1.165, 1.54) is 26.2 Å². The van der Waals surface area contributed by atoms with E-state index < -0.39 is 17.8 Å². The van der Waals surface area contributed by atoms with Gasteiger partial charge in [0.2, 0.25) is 5.91 Å². The molecule has 0 fully saturated rings. The van der Waals surface area contributed by atoms with Crippen molar-refractivity contribution in [3.05, 3.63) is 53.1 Å². The van der Waals surface area contributed by atoms with Crippen LogP contribution in [0.5, 0.6) is 17.2 Å². The molecule has 29 heavy (non-hydrogen) atoms. The number of halogens is 3. The van der Waals surface area contributed by atoms with Crippen molar-refractivity contribution in [2.24, 2.45) is 0 Å². The molecular formula is C21H22F3NO4. The quantitative estimate of drug-likeness (QED) is 0.741. The van der Waals surface area contributed by atoms with Crippen molar-refractivity contribution < 1.29 is 32.2 Å². The van der Waals surface area contributed by atoms with Gasteiger partial charge in [-0.25, -0.2) is 0 Å². The van der Waals surface area contributed by atoms with Crippen LogP contribution in [0.4, 0.5) is 13.2 Å². The molecule has 2 aromatic rings. The molecule has 0 spiro atoms. The lowest BCUT2D eigenvalue weighted by Crippen LogP contribution is -2.41. The SMILES string of the molecule is COc1cc2c(cc1OC)[C@H](COc1cccc(C(F)(F)F)c1)N(C(C)=O)CC2. The highest BCUT2D eigenvalue weighted by atomic mass is 19.4. The fourth-order valence-corrected chi connectivity index (χ4v) is 3.52. The van der Waals surface area contributed by atoms with Crippen LogP contribution in [0.1, 0.15) is 29.7 Å². The van der Waals surface area contributed by atoms with Crippen molar-refractivity contribution in [3.63, 3.8) is 0 Å². The predicted octanol–water partition coefficient (Wildman–Crippen LogP) is 4.25. The largest absolute Gasteiger partial charge is 0.493 e. The van der Waals surface area contributed by atoms with Crippen LogP contribution in [-0.2, 0) is 17.4 Å². The lowest BCUT2D eigenvalue weighted by atomic mass is 9.92. The third-order valence-corrected chi connectivity index (χ3v) is 4.98. The summed E-state index contributed by atoms with van der Waals surface area (Å²) in [5.74, 6) is 1.06. The number of carbonyl (C=O) groups is 1. The maximum Gasteiger partial charge on any atom is 0.416 e. The Kier molecular flexibility index (Phi) is 5.91. The number of hydrogen-bond donors (Lipinski definition) is 0. The third kappa shape index (κ3) is 4.41. The van der Waals surface area contributed by atoms with Crippen LogP contribution < -0.4 is 14.2 Å². The molecule has 0 N–H and O–H groups in total. The second-order valence-corrected chi connectivity index (χ2v) is 6.72. The van der Waals surface area contributed by atoms with Crippen LogP contribution in [0.2, 0.25) is 0 Å². The van der Waals surface area contributed by atoms with E-state index >= 15 is 0 Å². The van der Waals surface area contributed by atoms with Crippen LogP contribution >= 0.6 is 0 Å². The van der Waals surface area contributed by atoms with Crippen LogP contribution in [0.15, 0.2) is 36.4 Å². The number of nitrogens with zero attached hydrogens (tertiary/aromatic N) is 1. The van der Waals surface area contributed by atoms with E-state index in [0.717, 1.165) is 23.3 Å². The average Bonchev–Trinajstić information content (AvgIpc) is 2.70. The minimum absolute atomic E-state index is 0.0172. The molecule has 0 saturated carbocycles. The molecular weight excluding hydrogens is 387 g/mol. The summed E-state index contributed by atoms with van der Waals surface area (Å²) in [6.45, 7) is 1.96. The van der Waals surface area contributed by atoms with E-state index in [0.29, 0.717) is 24.5 Å². The second kappa shape index (κ2) is 8.23. The first-order chi connectivity index (χ1) is 13.7. The first-order valence-electron chi connectivity index (χ1n) is 9.06. The van der Waals surface area contributed by atoms with E-state index in [1.54, 1.807) is 18.1 Å². The number of rotatable bonds is 5. The van der Waals surface area contributed by atoms with Crippen LogP contribution in [-0.4, -0.2) is 38.2 Å². The Morgan fingerprint density at radius 1 is 1.14 bits per heavy atom. The molecule has 0 saturated heterocycles. The van der Waals surface area contributed by atoms with Gasteiger partial charge < -0.3 is 19.1 Å². The van der Waals surface area contributed by atoms with Crippen molar-refractivity contribution >= 4 is 5.91 Å². The normalized spacial score (nSPS) is 16.2. The molecule has 8 heteroatoms. The maximum absolute atomic E-state index is 12.9. The fraction of sp³-hybridized carbons (Fsp3) is 0.381. The Morgan fingerprint density at radius 2 is 1.83 bits per heavy atom. The van der Waals surface area contributed by atoms with Gasteiger partial charge in [0.15, 0.2) is 11.5 Å². The minimum atomic E-state index is -4.45. The molecule has 1 atom stereocenters. The van der Waals surface area contributed by atoms with E-state index in [2.05, 4.69) is 0 Å². The lowest BCUT2D eigenvalue weighted by molar-refractivity contribution is -0.137. The summed E-state index contributed by atoms with van der Waals surface area (Å²) in [4.78, 5) is 13.8. The first kappa shape index (κ1) is 20.8. The molecule has 0 bridgehead atoms. The highest BCUT2D eigenvalue weighted by molar-refractivity contribution is 5.74. The predicted molar refractivity (Wildman–Crippen MR) is 100 cm³/mol. The highest BCUT2D eigenvalue weighted by Crippen LogP contribution is 2.39. The summed E-state index contributed by atoms with van der Waals surface area (Å²) in [6.07, 6.45) is -3.82. The monoisotopic (exact) mass is 409 g/mol. The fourth-order valence-electron chi connectivity index (χ4n) is 3.52. The average molecular weight is 409 g/mol. The van der Waals surface area contributed by atoms with Gasteiger partial charge in [0.1, 0.15) is 12.4 Å². The Hall–Kier alpha value is -2.90. The number of hydrogen-bond acceptors (Lipinski definition) is 4. The van der Waals surface area contributed by atoms with E-state index in [-0.39, 0.29) is 18.3 Å². The molecule has 3 rings (SSSR count). The van der Waals surface area contributed by atoms with Gasteiger partial charge in [-0.15, -0.1) is 0 Å². The summed E-state index contributed by atoms with van der Waals surface area (Å²) in [5, 5.41) is 0. The standard InChI is InChI=1S/C21H22F3NO4/c1-13(26)25-8-7-14-9-19(27-2)20(28-3)11-17(14)18(25)12-29-16-6-4-5-15(10-16)21(22,23)24/h4-6,9-11,18H,7-8,12H2,1-3H3/t18-/m0/s1. The highest BCUT2D eigenvalue weighted by Gasteiger charge is 2.33. The van der Waals surface area contributed by atoms with Crippen molar-refractivity contribution in [2.75, 3.05) is 27.4 Å². The summed E-state index contributed by atoms with van der Waals surface area (Å²) in [5.41, 5.74) is 1.03. The van der Waals surface area contributed by atoms with E-state index in [1.807, 2.05) is 6.07 Å². The Morgan fingerprint density at radius 3 is 2.45 bits per heavy atom. The zero-order valence-electron chi connectivity index (χ0n) is 16.4. The molecule has 156 valence electrons. The van der Waals surface area contributed by atoms with E-state index in [9.17, 15) is 18.0 Å². The number of benzene rings is 2. The zero-order chi connectivity index (χ0) is 21.2. The number of alkyl halides is 3. The molecule has 0 aromatic heterocycles.